The number of aryl methyl sites for hydroxylation is 1. The fourth-order valence-electron chi connectivity index (χ4n) is 4.02. The lowest BCUT2D eigenvalue weighted by molar-refractivity contribution is -0.917. The molecule has 1 N–H and O–H groups in total. The zero-order chi connectivity index (χ0) is 19.7. The predicted octanol–water partition coefficient (Wildman–Crippen LogP) is 1.38. The molecular weight excluding hydrogens is 358 g/mol. The zero-order valence-corrected chi connectivity index (χ0v) is 15.9. The van der Waals surface area contributed by atoms with Gasteiger partial charge in [-0.05, 0) is 42.8 Å². The molecule has 2 aliphatic rings. The van der Waals surface area contributed by atoms with Crippen LogP contribution in [0.3, 0.4) is 0 Å². The van der Waals surface area contributed by atoms with E-state index in [-0.39, 0.29) is 11.6 Å². The van der Waals surface area contributed by atoms with Gasteiger partial charge in [-0.25, -0.2) is 0 Å². The van der Waals surface area contributed by atoms with Crippen LogP contribution >= 0.6 is 0 Å². The summed E-state index contributed by atoms with van der Waals surface area (Å²) in [6.45, 7) is 6.56. The second-order valence-corrected chi connectivity index (χ2v) is 7.52. The lowest BCUT2D eigenvalue weighted by Gasteiger charge is -2.32. The van der Waals surface area contributed by atoms with Crippen molar-refractivity contribution in [2.75, 3.05) is 32.8 Å². The van der Waals surface area contributed by atoms with E-state index in [1.165, 1.54) is 22.1 Å². The molecule has 0 saturated carbocycles. The Morgan fingerprint density at radius 2 is 2.00 bits per heavy atom. The van der Waals surface area contributed by atoms with Crippen molar-refractivity contribution in [2.45, 2.75) is 19.9 Å². The molecule has 0 spiro atoms. The first-order chi connectivity index (χ1) is 13.5. The summed E-state index contributed by atoms with van der Waals surface area (Å²) in [6, 6.07) is 11.0. The van der Waals surface area contributed by atoms with Crippen LogP contribution in [0.25, 0.3) is 0 Å². The number of ether oxygens (including phenoxy) is 1. The zero-order valence-electron chi connectivity index (χ0n) is 15.9. The second kappa shape index (κ2) is 7.59. The average Bonchev–Trinajstić information content (AvgIpc) is 3.15. The number of fused-ring (bicyclic) bond motifs is 1. The molecule has 7 nitrogen and oxygen atoms in total. The number of nitrogens with zero attached hydrogens (tertiary/aromatic N) is 2. The van der Waals surface area contributed by atoms with Crippen molar-refractivity contribution in [2.24, 2.45) is 0 Å². The van der Waals surface area contributed by atoms with Crippen LogP contribution in [-0.4, -0.2) is 48.5 Å². The number of carbonyl (C=O) groups is 1. The van der Waals surface area contributed by atoms with E-state index in [2.05, 4.69) is 18.2 Å². The quantitative estimate of drug-likeness (QED) is 0.640. The number of nitro benzene ring substituents is 1. The number of carbonyl (C=O) groups excluding carboxylic acids is 1. The van der Waals surface area contributed by atoms with Crippen LogP contribution in [0, 0.1) is 17.0 Å². The lowest BCUT2D eigenvalue weighted by atomic mass is 10.1. The Kier molecular flexibility index (Phi) is 5.00. The number of nitrogens with one attached hydrogen (secondary N) is 1. The molecule has 2 aromatic carbocycles. The number of benzene rings is 2. The maximum Gasteiger partial charge on any atom is 0.272 e. The molecule has 0 unspecified atom stereocenters. The van der Waals surface area contributed by atoms with Gasteiger partial charge in [-0.1, -0.05) is 0 Å². The van der Waals surface area contributed by atoms with Gasteiger partial charge >= 0.3 is 0 Å². The van der Waals surface area contributed by atoms with Crippen molar-refractivity contribution in [1.29, 1.82) is 0 Å². The minimum atomic E-state index is -0.420. The topological polar surface area (TPSA) is 77.1 Å². The first-order valence-corrected chi connectivity index (χ1v) is 9.64. The Hall–Kier alpha value is -2.93. The number of amides is 1. The minimum Gasteiger partial charge on any atom is -0.493 e. The first-order valence-electron chi connectivity index (χ1n) is 9.64. The Bertz CT molecular complexity index is 920. The molecule has 2 heterocycles. The third-order valence-electron chi connectivity index (χ3n) is 5.61. The summed E-state index contributed by atoms with van der Waals surface area (Å²) in [4.78, 5) is 26.6. The molecule has 7 heteroatoms. The van der Waals surface area contributed by atoms with Crippen molar-refractivity contribution < 1.29 is 19.4 Å². The van der Waals surface area contributed by atoms with Gasteiger partial charge in [0, 0.05) is 29.2 Å². The van der Waals surface area contributed by atoms with E-state index in [0.717, 1.165) is 38.4 Å². The summed E-state index contributed by atoms with van der Waals surface area (Å²) >= 11 is 0. The Labute approximate surface area is 163 Å². The van der Waals surface area contributed by atoms with E-state index in [0.29, 0.717) is 24.2 Å². The maximum atomic E-state index is 12.8. The molecule has 146 valence electrons. The molecule has 1 fully saturated rings. The highest BCUT2D eigenvalue weighted by molar-refractivity contribution is 5.94. The summed E-state index contributed by atoms with van der Waals surface area (Å²) < 4.78 is 5.57. The Balaban J connectivity index is 1.35. The normalized spacial score (nSPS) is 16.5. The standard InChI is InChI=1S/C21H23N3O4/c1-15-12-18(3-4-19(15)24(26)27)21(25)23-9-7-22(8-10-23)14-16-2-5-20-17(13-16)6-11-28-20/h2-5,12-13H,6-11,14H2,1H3/p+1. The van der Waals surface area contributed by atoms with Gasteiger partial charge < -0.3 is 14.5 Å². The molecule has 0 radical (unpaired) electrons. The van der Waals surface area contributed by atoms with Crippen LogP contribution in [0.4, 0.5) is 5.69 Å². The van der Waals surface area contributed by atoms with E-state index in [4.69, 9.17) is 4.74 Å². The summed E-state index contributed by atoms with van der Waals surface area (Å²) in [6.07, 6.45) is 0.982. The van der Waals surface area contributed by atoms with Crippen LogP contribution in [-0.2, 0) is 13.0 Å². The van der Waals surface area contributed by atoms with Crippen LogP contribution in [0.15, 0.2) is 36.4 Å². The van der Waals surface area contributed by atoms with Gasteiger partial charge in [0.1, 0.15) is 12.3 Å². The van der Waals surface area contributed by atoms with Crippen molar-refractivity contribution in [3.8, 4) is 5.75 Å². The maximum absolute atomic E-state index is 12.8. The highest BCUT2D eigenvalue weighted by atomic mass is 16.6. The SMILES string of the molecule is Cc1cc(C(=O)N2CC[NH+](Cc3ccc4c(c3)CCO4)CC2)ccc1[N+](=O)[O-]. The lowest BCUT2D eigenvalue weighted by Crippen LogP contribution is -3.13. The van der Waals surface area contributed by atoms with Crippen LogP contribution in [0.2, 0.25) is 0 Å². The number of rotatable bonds is 4. The average molecular weight is 382 g/mol. The third kappa shape index (κ3) is 3.71. The molecule has 1 amide bonds. The molecule has 0 bridgehead atoms. The predicted molar refractivity (Wildman–Crippen MR) is 104 cm³/mol. The second-order valence-electron chi connectivity index (χ2n) is 7.52. The van der Waals surface area contributed by atoms with Crippen LogP contribution in [0.1, 0.15) is 27.0 Å². The molecule has 0 atom stereocenters. The van der Waals surface area contributed by atoms with Gasteiger partial charge in [0.2, 0.25) is 0 Å². The van der Waals surface area contributed by atoms with Crippen molar-refractivity contribution >= 4 is 11.6 Å². The molecule has 1 saturated heterocycles. The van der Waals surface area contributed by atoms with Crippen LogP contribution in [0.5, 0.6) is 5.75 Å². The Morgan fingerprint density at radius 3 is 2.71 bits per heavy atom. The summed E-state index contributed by atoms with van der Waals surface area (Å²) in [5.41, 5.74) is 3.68. The third-order valence-corrected chi connectivity index (χ3v) is 5.61. The monoisotopic (exact) mass is 382 g/mol. The van der Waals surface area contributed by atoms with Crippen molar-refractivity contribution in [3.63, 3.8) is 0 Å². The summed E-state index contributed by atoms with van der Waals surface area (Å²) in [5, 5.41) is 11.0. The number of piperazine rings is 1. The van der Waals surface area contributed by atoms with Gasteiger partial charge in [-0.2, -0.15) is 0 Å². The molecule has 0 aliphatic carbocycles. The fourth-order valence-corrected chi connectivity index (χ4v) is 4.02. The van der Waals surface area contributed by atoms with E-state index in [1.54, 1.807) is 19.1 Å². The number of quaternary nitrogens is 1. The van der Waals surface area contributed by atoms with E-state index in [9.17, 15) is 14.9 Å². The molecule has 0 aromatic heterocycles. The highest BCUT2D eigenvalue weighted by Gasteiger charge is 2.26. The molecule has 2 aliphatic heterocycles. The molecule has 2 aromatic rings. The van der Waals surface area contributed by atoms with Crippen LogP contribution < -0.4 is 9.64 Å². The summed E-state index contributed by atoms with van der Waals surface area (Å²) in [5.74, 6) is 0.958. The molecule has 28 heavy (non-hydrogen) atoms. The van der Waals surface area contributed by atoms with Crippen molar-refractivity contribution in [1.82, 2.24) is 4.90 Å². The van der Waals surface area contributed by atoms with Gasteiger partial charge in [0.15, 0.2) is 0 Å². The fraction of sp³-hybridized carbons (Fsp3) is 0.381. The smallest absolute Gasteiger partial charge is 0.272 e. The van der Waals surface area contributed by atoms with Gasteiger partial charge in [0.05, 0.1) is 37.7 Å². The Morgan fingerprint density at radius 1 is 1.21 bits per heavy atom. The van der Waals surface area contributed by atoms with Gasteiger partial charge in [-0.15, -0.1) is 0 Å². The molecular formula is C21H24N3O4+. The number of hydrogen-bond donors (Lipinski definition) is 1. The largest absolute Gasteiger partial charge is 0.493 e. The van der Waals surface area contributed by atoms with E-state index in [1.807, 2.05) is 4.90 Å². The summed E-state index contributed by atoms with van der Waals surface area (Å²) in [7, 11) is 0. The van der Waals surface area contributed by atoms with E-state index < -0.39 is 4.92 Å². The van der Waals surface area contributed by atoms with Gasteiger partial charge in [-0.3, -0.25) is 14.9 Å². The minimum absolute atomic E-state index is 0.0468. The van der Waals surface area contributed by atoms with Gasteiger partial charge in [0.25, 0.3) is 11.6 Å². The number of nitro groups is 1. The van der Waals surface area contributed by atoms with Crippen molar-refractivity contribution in [3.05, 3.63) is 68.8 Å². The first kappa shape index (κ1) is 18.4. The number of hydrogen-bond acceptors (Lipinski definition) is 4. The molecule has 4 rings (SSSR count). The van der Waals surface area contributed by atoms with E-state index >= 15 is 0 Å². The highest BCUT2D eigenvalue weighted by Crippen LogP contribution is 2.25.